The average molecular weight is 281 g/mol. The molecule has 4 heteroatoms. The lowest BCUT2D eigenvalue weighted by Gasteiger charge is -2.11. The lowest BCUT2D eigenvalue weighted by Crippen LogP contribution is -2.19. The number of furan rings is 1. The van der Waals surface area contributed by atoms with Crippen LogP contribution in [0.2, 0.25) is 0 Å². The highest BCUT2D eigenvalue weighted by Crippen LogP contribution is 2.17. The molecular weight excluding hydrogens is 254 g/mol. The van der Waals surface area contributed by atoms with Gasteiger partial charge in [-0.3, -0.25) is 0 Å². The van der Waals surface area contributed by atoms with Gasteiger partial charge in [-0.05, 0) is 32.0 Å². The van der Waals surface area contributed by atoms with Crippen molar-refractivity contribution in [1.29, 1.82) is 0 Å². The third-order valence-electron chi connectivity index (χ3n) is 3.42. The van der Waals surface area contributed by atoms with Gasteiger partial charge in [0.15, 0.2) is 0 Å². The summed E-state index contributed by atoms with van der Waals surface area (Å²) in [7, 11) is 1.35. The summed E-state index contributed by atoms with van der Waals surface area (Å²) in [5.41, 5.74) is 0. The Morgan fingerprint density at radius 1 is 1.25 bits per heavy atom. The molecule has 0 saturated carbocycles. The van der Waals surface area contributed by atoms with Gasteiger partial charge in [-0.2, -0.15) is 0 Å². The first-order valence-corrected chi connectivity index (χ1v) is 7.60. The second-order valence-corrected chi connectivity index (χ2v) is 5.14. The largest absolute Gasteiger partial charge is 0.463 e. The second-order valence-electron chi connectivity index (χ2n) is 5.14. The fourth-order valence-electron chi connectivity index (χ4n) is 2.12. The minimum absolute atomic E-state index is 0.115. The average Bonchev–Trinajstić information content (AvgIpc) is 2.95. The minimum Gasteiger partial charge on any atom is -0.463 e. The van der Waals surface area contributed by atoms with Gasteiger partial charge >= 0.3 is 5.97 Å². The Kier molecular flexibility index (Phi) is 8.04. The molecule has 1 aromatic rings. The highest BCUT2D eigenvalue weighted by molar-refractivity contribution is 5.86. The molecule has 0 saturated heterocycles. The summed E-state index contributed by atoms with van der Waals surface area (Å²) in [6.45, 7) is 5.24. The Morgan fingerprint density at radius 3 is 2.65 bits per heavy atom. The van der Waals surface area contributed by atoms with Gasteiger partial charge in [-0.15, -0.1) is 0 Å². The van der Waals surface area contributed by atoms with Crippen molar-refractivity contribution in [2.75, 3.05) is 13.7 Å². The van der Waals surface area contributed by atoms with E-state index in [1.165, 1.54) is 45.6 Å². The molecule has 0 fully saturated rings. The first-order chi connectivity index (χ1) is 9.69. The maximum Gasteiger partial charge on any atom is 0.373 e. The molecule has 20 heavy (non-hydrogen) atoms. The van der Waals surface area contributed by atoms with Crippen molar-refractivity contribution in [1.82, 2.24) is 5.32 Å². The molecule has 0 aliphatic heterocycles. The van der Waals surface area contributed by atoms with Crippen LogP contribution in [-0.4, -0.2) is 19.6 Å². The standard InChI is InChI=1S/C16H27NO3/c1-4-5-6-7-8-9-12-17-13(2)14-10-11-15(20-14)16(18)19-3/h10-11,13,17H,4-9,12H2,1-3H3. The van der Waals surface area contributed by atoms with Gasteiger partial charge in [0.1, 0.15) is 5.76 Å². The molecule has 0 aliphatic rings. The Hall–Kier alpha value is -1.29. The molecule has 1 aromatic heterocycles. The van der Waals surface area contributed by atoms with E-state index in [0.717, 1.165) is 12.3 Å². The molecule has 0 radical (unpaired) electrons. The van der Waals surface area contributed by atoms with Crippen LogP contribution < -0.4 is 5.32 Å². The topological polar surface area (TPSA) is 51.5 Å². The number of carbonyl (C=O) groups excluding carboxylic acids is 1. The molecule has 1 atom stereocenters. The molecule has 1 heterocycles. The van der Waals surface area contributed by atoms with E-state index < -0.39 is 5.97 Å². The van der Waals surface area contributed by atoms with Gasteiger partial charge in [-0.25, -0.2) is 4.79 Å². The highest BCUT2D eigenvalue weighted by Gasteiger charge is 2.14. The number of hydrogen-bond donors (Lipinski definition) is 1. The lowest BCUT2D eigenvalue weighted by atomic mass is 10.1. The van der Waals surface area contributed by atoms with Crippen molar-refractivity contribution in [3.05, 3.63) is 23.7 Å². The summed E-state index contributed by atoms with van der Waals surface area (Å²) >= 11 is 0. The van der Waals surface area contributed by atoms with Gasteiger partial charge in [0, 0.05) is 0 Å². The molecule has 0 aromatic carbocycles. The molecule has 0 bridgehead atoms. The molecular formula is C16H27NO3. The Bertz CT molecular complexity index is 387. The third kappa shape index (κ3) is 5.78. The lowest BCUT2D eigenvalue weighted by molar-refractivity contribution is 0.0562. The zero-order valence-corrected chi connectivity index (χ0v) is 12.9. The monoisotopic (exact) mass is 281 g/mol. The molecule has 0 amide bonds. The van der Waals surface area contributed by atoms with E-state index in [1.807, 2.05) is 13.0 Å². The Morgan fingerprint density at radius 2 is 1.95 bits per heavy atom. The predicted molar refractivity (Wildman–Crippen MR) is 79.8 cm³/mol. The SMILES string of the molecule is CCCCCCCCNC(C)c1ccc(C(=O)OC)o1. The fourth-order valence-corrected chi connectivity index (χ4v) is 2.12. The summed E-state index contributed by atoms with van der Waals surface area (Å²) in [4.78, 5) is 11.3. The van der Waals surface area contributed by atoms with Gasteiger partial charge in [0.2, 0.25) is 5.76 Å². The number of unbranched alkanes of at least 4 members (excludes halogenated alkanes) is 5. The number of ether oxygens (including phenoxy) is 1. The Labute approximate surface area is 121 Å². The fraction of sp³-hybridized carbons (Fsp3) is 0.688. The summed E-state index contributed by atoms with van der Waals surface area (Å²) in [6.07, 6.45) is 7.73. The first-order valence-electron chi connectivity index (χ1n) is 7.60. The number of hydrogen-bond acceptors (Lipinski definition) is 4. The second kappa shape index (κ2) is 9.59. The van der Waals surface area contributed by atoms with Crippen LogP contribution >= 0.6 is 0 Å². The number of nitrogens with one attached hydrogen (secondary N) is 1. The maximum atomic E-state index is 11.3. The van der Waals surface area contributed by atoms with Crippen LogP contribution in [0.1, 0.15) is 74.7 Å². The van der Waals surface area contributed by atoms with Crippen LogP contribution in [0.15, 0.2) is 16.5 Å². The molecule has 4 nitrogen and oxygen atoms in total. The van der Waals surface area contributed by atoms with Crippen molar-refractivity contribution >= 4 is 5.97 Å². The van der Waals surface area contributed by atoms with Gasteiger partial charge in [0.05, 0.1) is 13.2 Å². The van der Waals surface area contributed by atoms with E-state index in [2.05, 4.69) is 17.0 Å². The van der Waals surface area contributed by atoms with E-state index in [1.54, 1.807) is 6.07 Å². The van der Waals surface area contributed by atoms with Gasteiger partial charge in [-0.1, -0.05) is 39.0 Å². The summed E-state index contributed by atoms with van der Waals surface area (Å²) in [6, 6.07) is 3.60. The normalized spacial score (nSPS) is 12.3. The highest BCUT2D eigenvalue weighted by atomic mass is 16.5. The summed E-state index contributed by atoms with van der Waals surface area (Å²) in [5, 5.41) is 3.41. The van der Waals surface area contributed by atoms with Crippen molar-refractivity contribution in [2.24, 2.45) is 0 Å². The third-order valence-corrected chi connectivity index (χ3v) is 3.42. The van der Waals surface area contributed by atoms with Crippen molar-refractivity contribution in [3.8, 4) is 0 Å². The number of rotatable bonds is 10. The van der Waals surface area contributed by atoms with Gasteiger partial charge in [0.25, 0.3) is 0 Å². The smallest absolute Gasteiger partial charge is 0.373 e. The van der Waals surface area contributed by atoms with Crippen LogP contribution in [0, 0.1) is 0 Å². The van der Waals surface area contributed by atoms with E-state index in [0.29, 0.717) is 0 Å². The first kappa shape index (κ1) is 16.8. The number of methoxy groups -OCH3 is 1. The van der Waals surface area contributed by atoms with Crippen LogP contribution in [0.25, 0.3) is 0 Å². The Balaban J connectivity index is 2.20. The van der Waals surface area contributed by atoms with E-state index in [9.17, 15) is 4.79 Å². The van der Waals surface area contributed by atoms with E-state index in [4.69, 9.17) is 4.42 Å². The van der Waals surface area contributed by atoms with Crippen molar-refractivity contribution in [2.45, 2.75) is 58.4 Å². The molecule has 1 rings (SSSR count). The van der Waals surface area contributed by atoms with Crippen LogP contribution in [0.5, 0.6) is 0 Å². The zero-order valence-electron chi connectivity index (χ0n) is 12.9. The molecule has 114 valence electrons. The van der Waals surface area contributed by atoms with Crippen molar-refractivity contribution < 1.29 is 13.9 Å². The van der Waals surface area contributed by atoms with Crippen LogP contribution in [-0.2, 0) is 4.74 Å². The van der Waals surface area contributed by atoms with Crippen LogP contribution in [0.4, 0.5) is 0 Å². The molecule has 1 unspecified atom stereocenters. The summed E-state index contributed by atoms with van der Waals surface area (Å²) < 4.78 is 10.1. The molecule has 0 aliphatic carbocycles. The zero-order chi connectivity index (χ0) is 14.8. The molecule has 0 spiro atoms. The summed E-state index contributed by atoms with van der Waals surface area (Å²) in [5.74, 6) is 0.603. The quantitative estimate of drug-likeness (QED) is 0.518. The van der Waals surface area contributed by atoms with E-state index >= 15 is 0 Å². The van der Waals surface area contributed by atoms with Crippen molar-refractivity contribution in [3.63, 3.8) is 0 Å². The minimum atomic E-state index is -0.431. The maximum absolute atomic E-state index is 11.3. The number of carbonyl (C=O) groups is 1. The predicted octanol–water partition coefficient (Wildman–Crippen LogP) is 4.08. The van der Waals surface area contributed by atoms with Gasteiger partial charge < -0.3 is 14.5 Å². The number of esters is 1. The van der Waals surface area contributed by atoms with E-state index in [-0.39, 0.29) is 11.8 Å². The molecule has 1 N–H and O–H groups in total. The van der Waals surface area contributed by atoms with Crippen LogP contribution in [0.3, 0.4) is 0 Å².